The van der Waals surface area contributed by atoms with E-state index in [1.54, 1.807) is 17.0 Å². The molecule has 1 aromatic carbocycles. The van der Waals surface area contributed by atoms with Crippen molar-refractivity contribution in [3.05, 3.63) is 27.3 Å². The molecule has 19 heavy (non-hydrogen) atoms. The Kier molecular flexibility index (Phi) is 4.44. The molecule has 0 radical (unpaired) electrons. The normalized spacial score (nSPS) is 19.6. The van der Waals surface area contributed by atoms with Gasteiger partial charge in [0.2, 0.25) is 0 Å². The van der Waals surface area contributed by atoms with E-state index in [0.717, 1.165) is 9.99 Å². The molecule has 0 aromatic heterocycles. The van der Waals surface area contributed by atoms with Crippen molar-refractivity contribution in [2.45, 2.75) is 19.8 Å². The van der Waals surface area contributed by atoms with E-state index in [1.807, 2.05) is 6.92 Å². The first-order chi connectivity index (χ1) is 9.02. The highest BCUT2D eigenvalue weighted by atomic mass is 127. The van der Waals surface area contributed by atoms with Crippen LogP contribution in [0, 0.1) is 9.49 Å². The van der Waals surface area contributed by atoms with Gasteiger partial charge in [0.05, 0.1) is 5.56 Å². The van der Waals surface area contributed by atoms with Gasteiger partial charge in [0.1, 0.15) is 11.5 Å². The molecule has 0 spiro atoms. The van der Waals surface area contributed by atoms with Crippen LogP contribution in [0.15, 0.2) is 18.2 Å². The number of nitrogens with zero attached hydrogens (tertiary/aromatic N) is 1. The van der Waals surface area contributed by atoms with Gasteiger partial charge >= 0.3 is 0 Å². The van der Waals surface area contributed by atoms with Gasteiger partial charge in [-0.1, -0.05) is 6.92 Å². The second-order valence-electron chi connectivity index (χ2n) is 4.73. The standard InChI is InChI=1S/C14H16INO3/c1-2-9-8-16(6-5-12(9)17)14(19)11-7-10(15)3-4-13(11)18/h3-4,7,9,18H,2,5-6,8H2,1H3. The number of ketones is 1. The van der Waals surface area contributed by atoms with Crippen molar-refractivity contribution in [1.29, 1.82) is 0 Å². The first-order valence-corrected chi connectivity index (χ1v) is 7.41. The summed E-state index contributed by atoms with van der Waals surface area (Å²) in [6.07, 6.45) is 1.16. The van der Waals surface area contributed by atoms with E-state index in [2.05, 4.69) is 22.6 Å². The third kappa shape index (κ3) is 3.08. The van der Waals surface area contributed by atoms with E-state index >= 15 is 0 Å². The fourth-order valence-corrected chi connectivity index (χ4v) is 2.79. The number of carbonyl (C=O) groups excluding carboxylic acids is 2. The van der Waals surface area contributed by atoms with Crippen LogP contribution in [0.3, 0.4) is 0 Å². The predicted octanol–water partition coefficient (Wildman–Crippen LogP) is 2.44. The molecule has 0 saturated carbocycles. The molecular weight excluding hydrogens is 357 g/mol. The number of carbonyl (C=O) groups is 2. The molecule has 102 valence electrons. The third-order valence-electron chi connectivity index (χ3n) is 3.49. The van der Waals surface area contributed by atoms with Gasteiger partial charge in [0.15, 0.2) is 0 Å². The van der Waals surface area contributed by atoms with Crippen molar-refractivity contribution in [1.82, 2.24) is 4.90 Å². The van der Waals surface area contributed by atoms with Crippen LogP contribution in [-0.2, 0) is 4.79 Å². The molecule has 1 aliphatic heterocycles. The number of aromatic hydroxyl groups is 1. The van der Waals surface area contributed by atoms with Gasteiger partial charge < -0.3 is 10.0 Å². The zero-order valence-corrected chi connectivity index (χ0v) is 12.9. The van der Waals surface area contributed by atoms with Crippen LogP contribution >= 0.6 is 22.6 Å². The number of halogens is 1. The summed E-state index contributed by atoms with van der Waals surface area (Å²) in [5.41, 5.74) is 0.316. The zero-order chi connectivity index (χ0) is 14.0. The highest BCUT2D eigenvalue weighted by Crippen LogP contribution is 2.24. The lowest BCUT2D eigenvalue weighted by atomic mass is 9.93. The highest BCUT2D eigenvalue weighted by Gasteiger charge is 2.29. The first kappa shape index (κ1) is 14.3. The van der Waals surface area contributed by atoms with Crippen LogP contribution in [0.4, 0.5) is 0 Å². The Labute approximate surface area is 125 Å². The van der Waals surface area contributed by atoms with Crippen LogP contribution in [-0.4, -0.2) is 34.8 Å². The van der Waals surface area contributed by atoms with E-state index in [1.165, 1.54) is 6.07 Å². The number of benzene rings is 1. The molecular formula is C14H16INO3. The average Bonchev–Trinajstić information content (AvgIpc) is 2.41. The van der Waals surface area contributed by atoms with Gasteiger partial charge in [-0.05, 0) is 47.2 Å². The van der Waals surface area contributed by atoms with Crippen LogP contribution < -0.4 is 0 Å². The SMILES string of the molecule is CCC1CN(C(=O)c2cc(I)ccc2O)CCC1=O. The lowest BCUT2D eigenvalue weighted by molar-refractivity contribution is -0.125. The second-order valence-corrected chi connectivity index (χ2v) is 5.98. The molecule has 1 unspecified atom stereocenters. The van der Waals surface area contributed by atoms with Crippen LogP contribution in [0.1, 0.15) is 30.1 Å². The van der Waals surface area contributed by atoms with Gasteiger partial charge in [-0.25, -0.2) is 0 Å². The topological polar surface area (TPSA) is 57.6 Å². The van der Waals surface area contributed by atoms with Crippen molar-refractivity contribution in [3.8, 4) is 5.75 Å². The number of phenolic OH excluding ortho intramolecular Hbond substituents is 1. The Balaban J connectivity index is 2.20. The molecule has 1 aromatic rings. The minimum absolute atomic E-state index is 0.00429. The smallest absolute Gasteiger partial charge is 0.257 e. The van der Waals surface area contributed by atoms with E-state index in [4.69, 9.17) is 0 Å². The number of likely N-dealkylation sites (tertiary alicyclic amines) is 1. The number of Topliss-reactive ketones (excluding diaryl/α,β-unsaturated/α-hetero) is 1. The van der Waals surface area contributed by atoms with Gasteiger partial charge in [0.25, 0.3) is 5.91 Å². The van der Waals surface area contributed by atoms with Gasteiger partial charge in [0, 0.05) is 29.0 Å². The summed E-state index contributed by atoms with van der Waals surface area (Å²) >= 11 is 2.11. The molecule has 0 aliphatic carbocycles. The maximum absolute atomic E-state index is 12.4. The fourth-order valence-electron chi connectivity index (χ4n) is 2.30. The number of hydrogen-bond donors (Lipinski definition) is 1. The Morgan fingerprint density at radius 3 is 2.95 bits per heavy atom. The molecule has 1 heterocycles. The van der Waals surface area contributed by atoms with Crippen LogP contribution in [0.25, 0.3) is 0 Å². The average molecular weight is 373 g/mol. The molecule has 1 amide bonds. The lowest BCUT2D eigenvalue weighted by Crippen LogP contribution is -2.44. The summed E-state index contributed by atoms with van der Waals surface area (Å²) in [6.45, 7) is 2.86. The molecule has 1 N–H and O–H groups in total. The highest BCUT2D eigenvalue weighted by molar-refractivity contribution is 14.1. The van der Waals surface area contributed by atoms with Crippen molar-refractivity contribution >= 4 is 34.3 Å². The minimum Gasteiger partial charge on any atom is -0.507 e. The number of piperidine rings is 1. The lowest BCUT2D eigenvalue weighted by Gasteiger charge is -2.31. The minimum atomic E-state index is -0.193. The summed E-state index contributed by atoms with van der Waals surface area (Å²) < 4.78 is 0.902. The van der Waals surface area contributed by atoms with Gasteiger partial charge in [-0.15, -0.1) is 0 Å². The molecule has 4 nitrogen and oxygen atoms in total. The number of rotatable bonds is 2. The molecule has 1 fully saturated rings. The summed E-state index contributed by atoms with van der Waals surface area (Å²) in [5.74, 6) is -0.0293. The molecule has 5 heteroatoms. The molecule has 0 bridgehead atoms. The number of hydrogen-bond acceptors (Lipinski definition) is 3. The van der Waals surface area contributed by atoms with Crippen molar-refractivity contribution < 1.29 is 14.7 Å². The van der Waals surface area contributed by atoms with Crippen molar-refractivity contribution in [2.24, 2.45) is 5.92 Å². The molecule has 1 saturated heterocycles. The molecule has 1 aliphatic rings. The monoisotopic (exact) mass is 373 g/mol. The summed E-state index contributed by atoms with van der Waals surface area (Å²) in [4.78, 5) is 25.7. The Bertz CT molecular complexity index is 515. The second kappa shape index (κ2) is 5.90. The molecule has 2 rings (SSSR count). The number of phenols is 1. The van der Waals surface area contributed by atoms with Crippen LogP contribution in [0.5, 0.6) is 5.75 Å². The predicted molar refractivity (Wildman–Crippen MR) is 80.1 cm³/mol. The number of amides is 1. The largest absolute Gasteiger partial charge is 0.507 e. The maximum atomic E-state index is 12.4. The summed E-state index contributed by atoms with van der Waals surface area (Å²) in [7, 11) is 0. The Hall–Kier alpha value is -1.11. The van der Waals surface area contributed by atoms with Crippen LogP contribution in [0.2, 0.25) is 0 Å². The van der Waals surface area contributed by atoms with Crippen molar-refractivity contribution in [2.75, 3.05) is 13.1 Å². The molecule has 1 atom stereocenters. The Morgan fingerprint density at radius 2 is 2.26 bits per heavy atom. The van der Waals surface area contributed by atoms with E-state index in [-0.39, 0.29) is 23.4 Å². The third-order valence-corrected chi connectivity index (χ3v) is 4.16. The van der Waals surface area contributed by atoms with E-state index < -0.39 is 0 Å². The quantitative estimate of drug-likeness (QED) is 0.811. The first-order valence-electron chi connectivity index (χ1n) is 6.33. The fraction of sp³-hybridized carbons (Fsp3) is 0.429. The van der Waals surface area contributed by atoms with Gasteiger partial charge in [-0.2, -0.15) is 0 Å². The Morgan fingerprint density at radius 1 is 1.53 bits per heavy atom. The van der Waals surface area contributed by atoms with Gasteiger partial charge in [-0.3, -0.25) is 9.59 Å². The van der Waals surface area contributed by atoms with E-state index in [0.29, 0.717) is 25.1 Å². The maximum Gasteiger partial charge on any atom is 0.257 e. The van der Waals surface area contributed by atoms with Crippen molar-refractivity contribution in [3.63, 3.8) is 0 Å². The zero-order valence-electron chi connectivity index (χ0n) is 10.7. The van der Waals surface area contributed by atoms with E-state index in [9.17, 15) is 14.7 Å². The summed E-state index contributed by atoms with van der Waals surface area (Å²) in [5, 5.41) is 9.79. The summed E-state index contributed by atoms with van der Waals surface area (Å²) in [6, 6.07) is 4.96.